The van der Waals surface area contributed by atoms with Crippen LogP contribution in [0.1, 0.15) is 44.8 Å². The van der Waals surface area contributed by atoms with Crippen molar-refractivity contribution >= 4 is 0 Å². The molecule has 1 N–H and O–H groups in total. The maximum atomic E-state index is 9.89. The van der Waals surface area contributed by atoms with Gasteiger partial charge in [0.05, 0.1) is 6.10 Å². The zero-order chi connectivity index (χ0) is 12.5. The van der Waals surface area contributed by atoms with Crippen LogP contribution in [0.2, 0.25) is 0 Å². The molecule has 1 unspecified atom stereocenters. The first kappa shape index (κ1) is 14.2. The molecule has 0 saturated heterocycles. The summed E-state index contributed by atoms with van der Waals surface area (Å²) in [6.45, 7) is 5.88. The first-order chi connectivity index (χ1) is 8.20. The summed E-state index contributed by atoms with van der Waals surface area (Å²) in [4.78, 5) is 0. The minimum atomic E-state index is -0.402. The predicted octanol–water partition coefficient (Wildman–Crippen LogP) is 3.56. The lowest BCUT2D eigenvalue weighted by atomic mass is 10.1. The first-order valence-corrected chi connectivity index (χ1v) is 6.51. The predicted molar refractivity (Wildman–Crippen MR) is 70.9 cm³/mol. The highest BCUT2D eigenvalue weighted by molar-refractivity contribution is 5.16. The fourth-order valence-electron chi connectivity index (χ4n) is 1.73. The Morgan fingerprint density at radius 3 is 2.41 bits per heavy atom. The van der Waals surface area contributed by atoms with Crippen LogP contribution in [0.3, 0.4) is 0 Å². The van der Waals surface area contributed by atoms with Gasteiger partial charge >= 0.3 is 0 Å². The van der Waals surface area contributed by atoms with Crippen LogP contribution in [0.5, 0.6) is 0 Å². The Morgan fingerprint density at radius 1 is 1.06 bits per heavy atom. The molecule has 1 atom stereocenters. The van der Waals surface area contributed by atoms with Crippen molar-refractivity contribution in [1.82, 2.24) is 0 Å². The molecular weight excluding hydrogens is 212 g/mol. The largest absolute Gasteiger partial charge is 0.388 e. The van der Waals surface area contributed by atoms with Gasteiger partial charge in [0.1, 0.15) is 0 Å². The van der Waals surface area contributed by atoms with Crippen molar-refractivity contribution in [3.8, 4) is 0 Å². The number of ether oxygens (including phenoxy) is 1. The molecule has 1 rings (SSSR count). The molecule has 0 aliphatic heterocycles. The average Bonchev–Trinajstić information content (AvgIpc) is 2.34. The Bertz CT molecular complexity index is 282. The fraction of sp³-hybridized carbons (Fsp3) is 0.600. The molecule has 2 heteroatoms. The van der Waals surface area contributed by atoms with Crippen molar-refractivity contribution in [1.29, 1.82) is 0 Å². The van der Waals surface area contributed by atoms with Gasteiger partial charge in [-0.25, -0.2) is 0 Å². The summed E-state index contributed by atoms with van der Waals surface area (Å²) < 4.78 is 5.52. The summed E-state index contributed by atoms with van der Waals surface area (Å²) in [5, 5.41) is 9.89. The van der Waals surface area contributed by atoms with Crippen LogP contribution in [-0.2, 0) is 4.74 Å². The highest BCUT2D eigenvalue weighted by Gasteiger charge is 2.05. The summed E-state index contributed by atoms with van der Waals surface area (Å²) in [5.74, 6) is 0.744. The van der Waals surface area contributed by atoms with Crippen molar-refractivity contribution in [2.75, 3.05) is 13.2 Å². The highest BCUT2D eigenvalue weighted by atomic mass is 16.5. The molecule has 0 saturated carbocycles. The minimum Gasteiger partial charge on any atom is -0.388 e. The zero-order valence-corrected chi connectivity index (χ0v) is 10.9. The van der Waals surface area contributed by atoms with Crippen LogP contribution >= 0.6 is 0 Å². The average molecular weight is 236 g/mol. The molecule has 2 nitrogen and oxygen atoms in total. The lowest BCUT2D eigenvalue weighted by molar-refractivity contribution is 0.0789. The highest BCUT2D eigenvalue weighted by Crippen LogP contribution is 2.15. The van der Waals surface area contributed by atoms with Crippen LogP contribution in [0.4, 0.5) is 0 Å². The van der Waals surface area contributed by atoms with Crippen LogP contribution < -0.4 is 0 Å². The van der Waals surface area contributed by atoms with E-state index in [4.69, 9.17) is 4.74 Å². The molecule has 0 heterocycles. The number of aliphatic hydroxyl groups is 1. The van der Waals surface area contributed by atoms with Crippen molar-refractivity contribution in [2.45, 2.75) is 39.2 Å². The topological polar surface area (TPSA) is 29.5 Å². The molecule has 96 valence electrons. The summed E-state index contributed by atoms with van der Waals surface area (Å²) in [6, 6.07) is 9.75. The van der Waals surface area contributed by atoms with Crippen LogP contribution in [-0.4, -0.2) is 18.3 Å². The molecule has 0 aliphatic carbocycles. The quantitative estimate of drug-likeness (QED) is 0.699. The molecule has 0 aliphatic rings. The molecule has 1 aromatic rings. The molecule has 0 spiro atoms. The third kappa shape index (κ3) is 6.44. The van der Waals surface area contributed by atoms with Gasteiger partial charge in [0.2, 0.25) is 0 Å². The van der Waals surface area contributed by atoms with Crippen molar-refractivity contribution < 1.29 is 9.84 Å². The van der Waals surface area contributed by atoms with Gasteiger partial charge in [-0.15, -0.1) is 0 Å². The number of hydrogen-bond donors (Lipinski definition) is 1. The summed E-state index contributed by atoms with van der Waals surface area (Å²) in [5.41, 5.74) is 0.971. The van der Waals surface area contributed by atoms with Gasteiger partial charge in [-0.1, -0.05) is 44.2 Å². The normalized spacial score (nSPS) is 12.9. The van der Waals surface area contributed by atoms with Crippen LogP contribution in [0.15, 0.2) is 30.3 Å². The SMILES string of the molecule is CC(C)CCCOCCC(O)c1ccccc1. The van der Waals surface area contributed by atoms with Crippen molar-refractivity contribution in [3.05, 3.63) is 35.9 Å². The summed E-state index contributed by atoms with van der Waals surface area (Å²) in [7, 11) is 0. The van der Waals surface area contributed by atoms with E-state index in [1.165, 1.54) is 6.42 Å². The van der Waals surface area contributed by atoms with Gasteiger partial charge < -0.3 is 9.84 Å². The summed E-state index contributed by atoms with van der Waals surface area (Å²) in [6.07, 6.45) is 2.59. The van der Waals surface area contributed by atoms with E-state index in [2.05, 4.69) is 13.8 Å². The van der Waals surface area contributed by atoms with Gasteiger partial charge in [0, 0.05) is 19.6 Å². The Balaban J connectivity index is 2.07. The maximum absolute atomic E-state index is 9.89. The van der Waals surface area contributed by atoms with E-state index < -0.39 is 6.10 Å². The molecule has 0 fully saturated rings. The second-order valence-corrected chi connectivity index (χ2v) is 4.86. The molecule has 0 bridgehead atoms. The van der Waals surface area contributed by atoms with E-state index in [1.54, 1.807) is 0 Å². The second kappa shape index (κ2) is 8.26. The van der Waals surface area contributed by atoms with E-state index in [9.17, 15) is 5.11 Å². The molecule has 17 heavy (non-hydrogen) atoms. The molecule has 1 aromatic carbocycles. The molecular formula is C15H24O2. The van der Waals surface area contributed by atoms with Crippen molar-refractivity contribution in [2.24, 2.45) is 5.92 Å². The number of hydrogen-bond acceptors (Lipinski definition) is 2. The van der Waals surface area contributed by atoms with Gasteiger partial charge in [0.25, 0.3) is 0 Å². The third-order valence-electron chi connectivity index (χ3n) is 2.79. The molecule has 0 radical (unpaired) electrons. The van der Waals surface area contributed by atoms with E-state index in [0.717, 1.165) is 24.5 Å². The van der Waals surface area contributed by atoms with E-state index in [0.29, 0.717) is 13.0 Å². The Morgan fingerprint density at radius 2 is 1.76 bits per heavy atom. The second-order valence-electron chi connectivity index (χ2n) is 4.86. The summed E-state index contributed by atoms with van der Waals surface area (Å²) >= 11 is 0. The monoisotopic (exact) mass is 236 g/mol. The van der Waals surface area contributed by atoms with Gasteiger partial charge in [-0.05, 0) is 24.3 Å². The number of aliphatic hydroxyl groups excluding tert-OH is 1. The van der Waals surface area contributed by atoms with Crippen LogP contribution in [0.25, 0.3) is 0 Å². The smallest absolute Gasteiger partial charge is 0.0812 e. The molecule has 0 amide bonds. The lowest BCUT2D eigenvalue weighted by Gasteiger charge is -2.11. The van der Waals surface area contributed by atoms with E-state index >= 15 is 0 Å². The van der Waals surface area contributed by atoms with E-state index in [1.807, 2.05) is 30.3 Å². The fourth-order valence-corrected chi connectivity index (χ4v) is 1.73. The van der Waals surface area contributed by atoms with Crippen molar-refractivity contribution in [3.63, 3.8) is 0 Å². The number of benzene rings is 1. The minimum absolute atomic E-state index is 0.402. The van der Waals surface area contributed by atoms with Crippen LogP contribution in [0, 0.1) is 5.92 Å². The van der Waals surface area contributed by atoms with Gasteiger partial charge in [-0.2, -0.15) is 0 Å². The third-order valence-corrected chi connectivity index (χ3v) is 2.79. The van der Waals surface area contributed by atoms with Gasteiger partial charge in [0.15, 0.2) is 0 Å². The standard InChI is InChI=1S/C15H24O2/c1-13(2)7-6-11-17-12-10-15(16)14-8-4-3-5-9-14/h3-5,8-9,13,15-16H,6-7,10-12H2,1-2H3. The van der Waals surface area contributed by atoms with E-state index in [-0.39, 0.29) is 0 Å². The number of rotatable bonds is 8. The Kier molecular flexibility index (Phi) is 6.90. The zero-order valence-electron chi connectivity index (χ0n) is 10.9. The lowest BCUT2D eigenvalue weighted by Crippen LogP contribution is -2.04. The van der Waals surface area contributed by atoms with Gasteiger partial charge in [-0.3, -0.25) is 0 Å². The maximum Gasteiger partial charge on any atom is 0.0812 e. The Labute approximate surface area is 105 Å². The molecule has 0 aromatic heterocycles. The first-order valence-electron chi connectivity index (χ1n) is 6.51. The Hall–Kier alpha value is -0.860.